The molecule has 0 amide bonds. The van der Waals surface area contributed by atoms with E-state index in [1.54, 1.807) is 0 Å². The van der Waals surface area contributed by atoms with Crippen LogP contribution in [0.4, 0.5) is 0 Å². The van der Waals surface area contributed by atoms with E-state index in [4.69, 9.17) is 0 Å². The number of nitrogens with zero attached hydrogens (tertiary/aromatic N) is 1. The Labute approximate surface area is 82.9 Å². The van der Waals surface area contributed by atoms with Crippen LogP contribution < -0.4 is 0 Å². The Morgan fingerprint density at radius 1 is 1.23 bits per heavy atom. The predicted molar refractivity (Wildman–Crippen MR) is 57.9 cm³/mol. The standard InChI is InChI=1S/C11H25NO/c1-5-6-7-8-11(2,10-13)9-12(3)4/h13H,5-10H2,1-4H3. The molecule has 2 nitrogen and oxygen atoms in total. The Balaban J connectivity index is 3.81. The minimum atomic E-state index is 0.0959. The molecule has 0 saturated heterocycles. The molecule has 80 valence electrons. The largest absolute Gasteiger partial charge is 0.396 e. The summed E-state index contributed by atoms with van der Waals surface area (Å²) >= 11 is 0. The number of hydrogen-bond donors (Lipinski definition) is 1. The Hall–Kier alpha value is -0.0800. The lowest BCUT2D eigenvalue weighted by Gasteiger charge is -2.30. The fourth-order valence-corrected chi connectivity index (χ4v) is 1.77. The van der Waals surface area contributed by atoms with Crippen LogP contribution in [0.25, 0.3) is 0 Å². The summed E-state index contributed by atoms with van der Waals surface area (Å²) in [5.74, 6) is 0. The Kier molecular flexibility index (Phi) is 6.35. The SMILES string of the molecule is CCCCCC(C)(CO)CN(C)C. The van der Waals surface area contributed by atoms with Crippen LogP contribution in [-0.2, 0) is 0 Å². The molecule has 0 aliphatic rings. The van der Waals surface area contributed by atoms with Gasteiger partial charge in [-0.1, -0.05) is 33.1 Å². The monoisotopic (exact) mass is 187 g/mol. The summed E-state index contributed by atoms with van der Waals surface area (Å²) in [5.41, 5.74) is 0.0959. The molecule has 0 aliphatic carbocycles. The summed E-state index contributed by atoms with van der Waals surface area (Å²) in [6, 6.07) is 0. The third-order valence-corrected chi connectivity index (χ3v) is 2.46. The normalized spacial score (nSPS) is 16.2. The molecule has 1 N–H and O–H groups in total. The van der Waals surface area contributed by atoms with E-state index in [-0.39, 0.29) is 5.41 Å². The Bertz CT molecular complexity index is 125. The highest BCUT2D eigenvalue weighted by Gasteiger charge is 2.23. The van der Waals surface area contributed by atoms with Gasteiger partial charge < -0.3 is 10.0 Å². The smallest absolute Gasteiger partial charge is 0.0497 e. The van der Waals surface area contributed by atoms with Crippen molar-refractivity contribution in [1.29, 1.82) is 0 Å². The fourth-order valence-electron chi connectivity index (χ4n) is 1.77. The summed E-state index contributed by atoms with van der Waals surface area (Å²) < 4.78 is 0. The summed E-state index contributed by atoms with van der Waals surface area (Å²) in [4.78, 5) is 2.15. The number of aliphatic hydroxyl groups excluding tert-OH is 1. The average molecular weight is 187 g/mol. The molecule has 0 aromatic carbocycles. The van der Waals surface area contributed by atoms with E-state index in [1.807, 2.05) is 0 Å². The van der Waals surface area contributed by atoms with Gasteiger partial charge in [-0.15, -0.1) is 0 Å². The molecular formula is C11H25NO. The minimum Gasteiger partial charge on any atom is -0.396 e. The van der Waals surface area contributed by atoms with Crippen molar-refractivity contribution >= 4 is 0 Å². The average Bonchev–Trinajstić information content (AvgIpc) is 2.04. The lowest BCUT2D eigenvalue weighted by Crippen LogP contribution is -2.34. The van der Waals surface area contributed by atoms with Crippen LogP contribution in [0.1, 0.15) is 39.5 Å². The molecule has 13 heavy (non-hydrogen) atoms. The molecular weight excluding hydrogens is 162 g/mol. The van der Waals surface area contributed by atoms with Crippen LogP contribution in [0, 0.1) is 5.41 Å². The van der Waals surface area contributed by atoms with Crippen molar-refractivity contribution in [2.75, 3.05) is 27.2 Å². The van der Waals surface area contributed by atoms with E-state index >= 15 is 0 Å². The Morgan fingerprint density at radius 3 is 2.23 bits per heavy atom. The molecule has 0 rings (SSSR count). The van der Waals surface area contributed by atoms with Crippen molar-refractivity contribution in [3.8, 4) is 0 Å². The fraction of sp³-hybridized carbons (Fsp3) is 1.00. The van der Waals surface area contributed by atoms with E-state index in [0.717, 1.165) is 13.0 Å². The quantitative estimate of drug-likeness (QED) is 0.617. The molecule has 2 heteroatoms. The van der Waals surface area contributed by atoms with Gasteiger partial charge >= 0.3 is 0 Å². The van der Waals surface area contributed by atoms with E-state index < -0.39 is 0 Å². The van der Waals surface area contributed by atoms with Crippen LogP contribution in [0.2, 0.25) is 0 Å². The molecule has 0 aromatic rings. The topological polar surface area (TPSA) is 23.5 Å². The number of rotatable bonds is 7. The molecule has 0 spiro atoms. The molecule has 0 aromatic heterocycles. The third kappa shape index (κ3) is 6.05. The van der Waals surface area contributed by atoms with Crippen molar-refractivity contribution in [2.24, 2.45) is 5.41 Å². The molecule has 0 radical (unpaired) electrons. The van der Waals surface area contributed by atoms with Gasteiger partial charge in [0.2, 0.25) is 0 Å². The Morgan fingerprint density at radius 2 is 1.85 bits per heavy atom. The van der Waals surface area contributed by atoms with Gasteiger partial charge in [0.05, 0.1) is 0 Å². The van der Waals surface area contributed by atoms with Crippen molar-refractivity contribution in [3.63, 3.8) is 0 Å². The maximum atomic E-state index is 9.31. The molecule has 1 unspecified atom stereocenters. The highest BCUT2D eigenvalue weighted by Crippen LogP contribution is 2.24. The first-order valence-corrected chi connectivity index (χ1v) is 5.29. The number of unbranched alkanes of at least 4 members (excludes halogenated alkanes) is 2. The first-order valence-electron chi connectivity index (χ1n) is 5.29. The maximum absolute atomic E-state index is 9.31. The van der Waals surface area contributed by atoms with Gasteiger partial charge in [0.15, 0.2) is 0 Å². The summed E-state index contributed by atoms with van der Waals surface area (Å²) in [7, 11) is 4.13. The van der Waals surface area contributed by atoms with Crippen molar-refractivity contribution in [2.45, 2.75) is 39.5 Å². The van der Waals surface area contributed by atoms with Gasteiger partial charge in [-0.05, 0) is 20.5 Å². The minimum absolute atomic E-state index is 0.0959. The van der Waals surface area contributed by atoms with Gasteiger partial charge in [-0.3, -0.25) is 0 Å². The van der Waals surface area contributed by atoms with Crippen molar-refractivity contribution < 1.29 is 5.11 Å². The maximum Gasteiger partial charge on any atom is 0.0497 e. The number of aliphatic hydroxyl groups is 1. The van der Waals surface area contributed by atoms with Gasteiger partial charge in [0.1, 0.15) is 0 Å². The van der Waals surface area contributed by atoms with Crippen LogP contribution in [-0.4, -0.2) is 37.3 Å². The second-order valence-corrected chi connectivity index (χ2v) is 4.66. The lowest BCUT2D eigenvalue weighted by molar-refractivity contribution is 0.0974. The second kappa shape index (κ2) is 6.39. The lowest BCUT2D eigenvalue weighted by atomic mass is 9.85. The highest BCUT2D eigenvalue weighted by atomic mass is 16.3. The van der Waals surface area contributed by atoms with E-state index in [2.05, 4.69) is 32.8 Å². The third-order valence-electron chi connectivity index (χ3n) is 2.46. The van der Waals surface area contributed by atoms with Crippen LogP contribution in [0.5, 0.6) is 0 Å². The zero-order valence-electron chi connectivity index (χ0n) is 9.64. The zero-order valence-corrected chi connectivity index (χ0v) is 9.64. The number of hydrogen-bond acceptors (Lipinski definition) is 2. The predicted octanol–water partition coefficient (Wildman–Crippen LogP) is 2.13. The van der Waals surface area contributed by atoms with Crippen LogP contribution >= 0.6 is 0 Å². The van der Waals surface area contributed by atoms with Crippen molar-refractivity contribution in [1.82, 2.24) is 4.90 Å². The van der Waals surface area contributed by atoms with E-state index in [0.29, 0.717) is 6.61 Å². The van der Waals surface area contributed by atoms with Crippen LogP contribution in [0.15, 0.2) is 0 Å². The summed E-state index contributed by atoms with van der Waals surface area (Å²) in [5, 5.41) is 9.31. The van der Waals surface area contributed by atoms with E-state index in [1.165, 1.54) is 19.3 Å². The van der Waals surface area contributed by atoms with Gasteiger partial charge in [0.25, 0.3) is 0 Å². The second-order valence-electron chi connectivity index (χ2n) is 4.66. The molecule has 0 heterocycles. The van der Waals surface area contributed by atoms with Gasteiger partial charge in [-0.2, -0.15) is 0 Å². The van der Waals surface area contributed by atoms with E-state index in [9.17, 15) is 5.11 Å². The zero-order chi connectivity index (χ0) is 10.3. The molecule has 0 fully saturated rings. The molecule has 0 bridgehead atoms. The summed E-state index contributed by atoms with van der Waals surface area (Å²) in [6.45, 7) is 5.66. The van der Waals surface area contributed by atoms with Crippen molar-refractivity contribution in [3.05, 3.63) is 0 Å². The van der Waals surface area contributed by atoms with Crippen LogP contribution in [0.3, 0.4) is 0 Å². The van der Waals surface area contributed by atoms with Gasteiger partial charge in [-0.25, -0.2) is 0 Å². The van der Waals surface area contributed by atoms with Gasteiger partial charge in [0, 0.05) is 18.6 Å². The molecule has 1 atom stereocenters. The first-order chi connectivity index (χ1) is 6.04. The molecule has 0 aliphatic heterocycles. The summed E-state index contributed by atoms with van der Waals surface area (Å²) in [6.07, 6.45) is 4.91. The highest BCUT2D eigenvalue weighted by molar-refractivity contribution is 4.75. The molecule has 0 saturated carbocycles. The first kappa shape index (κ1) is 12.9.